The minimum atomic E-state index is -0.341. The molecular formula is C24H29ClFN3O. The van der Waals surface area contributed by atoms with Gasteiger partial charge in [-0.3, -0.25) is 0 Å². The van der Waals surface area contributed by atoms with E-state index < -0.39 is 0 Å². The molecule has 5 rings (SSSR count). The highest BCUT2D eigenvalue weighted by Gasteiger charge is 2.41. The molecule has 1 unspecified atom stereocenters. The van der Waals surface area contributed by atoms with E-state index in [1.54, 1.807) is 6.07 Å². The van der Waals surface area contributed by atoms with E-state index in [9.17, 15) is 4.39 Å². The van der Waals surface area contributed by atoms with Gasteiger partial charge in [-0.2, -0.15) is 10.2 Å². The van der Waals surface area contributed by atoms with E-state index in [-0.39, 0.29) is 5.82 Å². The summed E-state index contributed by atoms with van der Waals surface area (Å²) in [6, 6.07) is 8.38. The molecule has 3 heterocycles. The number of nitrogens with zero attached hydrogens (tertiary/aromatic N) is 3. The highest BCUT2D eigenvalue weighted by atomic mass is 35.5. The summed E-state index contributed by atoms with van der Waals surface area (Å²) in [6.07, 6.45) is 6.07. The van der Waals surface area contributed by atoms with Crippen molar-refractivity contribution >= 4 is 11.6 Å². The van der Waals surface area contributed by atoms with Crippen molar-refractivity contribution in [3.63, 3.8) is 0 Å². The van der Waals surface area contributed by atoms with Crippen LogP contribution in [0.15, 0.2) is 30.3 Å². The summed E-state index contributed by atoms with van der Waals surface area (Å²) in [6.45, 7) is 5.69. The molecule has 1 saturated carbocycles. The number of hydrogen-bond acceptors (Lipinski definition) is 4. The number of ether oxygens (including phenoxy) is 1. The Morgan fingerprint density at radius 3 is 2.43 bits per heavy atom. The third-order valence-corrected chi connectivity index (χ3v) is 7.52. The first kappa shape index (κ1) is 20.3. The molecule has 1 aromatic carbocycles. The molecule has 4 nitrogen and oxygen atoms in total. The fourth-order valence-corrected chi connectivity index (χ4v) is 6.00. The van der Waals surface area contributed by atoms with Crippen molar-refractivity contribution in [1.82, 2.24) is 15.1 Å². The molecule has 3 aliphatic rings. The predicted octanol–water partition coefficient (Wildman–Crippen LogP) is 4.86. The minimum Gasteiger partial charge on any atom is -0.381 e. The Hall–Kier alpha value is -1.56. The van der Waals surface area contributed by atoms with Gasteiger partial charge >= 0.3 is 0 Å². The van der Waals surface area contributed by atoms with Crippen molar-refractivity contribution in [1.29, 1.82) is 0 Å². The zero-order valence-electron chi connectivity index (χ0n) is 17.3. The lowest BCUT2D eigenvalue weighted by Crippen LogP contribution is -2.31. The van der Waals surface area contributed by atoms with E-state index in [0.717, 1.165) is 48.6 Å². The molecule has 160 valence electrons. The van der Waals surface area contributed by atoms with E-state index in [1.165, 1.54) is 57.5 Å². The van der Waals surface area contributed by atoms with Crippen LogP contribution in [0.1, 0.15) is 31.4 Å². The summed E-state index contributed by atoms with van der Waals surface area (Å²) in [5.41, 5.74) is 2.45. The molecule has 0 N–H and O–H groups in total. The van der Waals surface area contributed by atoms with Crippen molar-refractivity contribution in [3.05, 3.63) is 46.9 Å². The molecule has 2 saturated heterocycles. The van der Waals surface area contributed by atoms with Gasteiger partial charge in [0.25, 0.3) is 0 Å². The molecule has 3 fully saturated rings. The average molecular weight is 430 g/mol. The van der Waals surface area contributed by atoms with Crippen LogP contribution in [0.2, 0.25) is 5.02 Å². The lowest BCUT2D eigenvalue weighted by molar-refractivity contribution is 0.0544. The second-order valence-corrected chi connectivity index (χ2v) is 9.78. The van der Waals surface area contributed by atoms with Crippen molar-refractivity contribution in [2.24, 2.45) is 23.7 Å². The van der Waals surface area contributed by atoms with Crippen molar-refractivity contribution < 1.29 is 9.13 Å². The van der Waals surface area contributed by atoms with E-state index in [1.807, 2.05) is 12.1 Å². The average Bonchev–Trinajstić information content (AvgIpc) is 3.27. The lowest BCUT2D eigenvalue weighted by atomic mass is 9.98. The van der Waals surface area contributed by atoms with Crippen LogP contribution < -0.4 is 0 Å². The lowest BCUT2D eigenvalue weighted by Gasteiger charge is -2.27. The highest BCUT2D eigenvalue weighted by Crippen LogP contribution is 2.43. The van der Waals surface area contributed by atoms with E-state index in [2.05, 4.69) is 15.1 Å². The molecule has 1 aromatic heterocycles. The number of benzene rings is 1. The second-order valence-electron chi connectivity index (χ2n) is 9.37. The molecule has 1 aliphatic carbocycles. The summed E-state index contributed by atoms with van der Waals surface area (Å²) >= 11 is 6.15. The standard InChI is InChI=1S/C24H29ClFN3O/c25-23-12-20(26)1-3-22(23)24-4-2-21(27-28-24)11-17-9-18-14-29(15-19(18)10-17)13-16-5-7-30-8-6-16/h1-4,12,16-19H,5-11,13-15H2/t17?,18-,19+. The first-order valence-electron chi connectivity index (χ1n) is 11.2. The summed E-state index contributed by atoms with van der Waals surface area (Å²) < 4.78 is 18.8. The Bertz CT molecular complexity index is 857. The molecule has 0 spiro atoms. The topological polar surface area (TPSA) is 38.2 Å². The maximum absolute atomic E-state index is 13.3. The minimum absolute atomic E-state index is 0.341. The summed E-state index contributed by atoms with van der Waals surface area (Å²) in [4.78, 5) is 2.71. The zero-order valence-corrected chi connectivity index (χ0v) is 18.0. The predicted molar refractivity (Wildman–Crippen MR) is 116 cm³/mol. The first-order valence-corrected chi connectivity index (χ1v) is 11.6. The molecular weight excluding hydrogens is 401 g/mol. The molecule has 2 aromatic rings. The monoisotopic (exact) mass is 429 g/mol. The third-order valence-electron chi connectivity index (χ3n) is 7.21. The molecule has 30 heavy (non-hydrogen) atoms. The van der Waals surface area contributed by atoms with Gasteiger partial charge in [0.15, 0.2) is 0 Å². The largest absolute Gasteiger partial charge is 0.381 e. The quantitative estimate of drug-likeness (QED) is 0.680. The van der Waals surface area contributed by atoms with Crippen LogP contribution in [-0.4, -0.2) is 47.9 Å². The van der Waals surface area contributed by atoms with Gasteiger partial charge in [0.1, 0.15) is 5.82 Å². The van der Waals surface area contributed by atoms with Crippen LogP contribution >= 0.6 is 11.6 Å². The van der Waals surface area contributed by atoms with Crippen LogP contribution in [0.5, 0.6) is 0 Å². The maximum Gasteiger partial charge on any atom is 0.124 e. The molecule has 6 heteroatoms. The van der Waals surface area contributed by atoms with Crippen molar-refractivity contribution in [2.45, 2.75) is 32.1 Å². The second kappa shape index (κ2) is 8.89. The molecule has 0 radical (unpaired) electrons. The van der Waals surface area contributed by atoms with Gasteiger partial charge in [-0.05, 0) is 86.1 Å². The number of rotatable bonds is 5. The van der Waals surface area contributed by atoms with Gasteiger partial charge in [0.05, 0.1) is 16.4 Å². The van der Waals surface area contributed by atoms with Gasteiger partial charge in [0.2, 0.25) is 0 Å². The molecule has 3 atom stereocenters. The zero-order chi connectivity index (χ0) is 20.5. The maximum atomic E-state index is 13.3. The SMILES string of the molecule is Fc1ccc(-c2ccc(CC3C[C@@H]4CN(CC5CCOCC5)C[C@@H]4C3)nn2)c(Cl)c1. The molecule has 0 amide bonds. The van der Waals surface area contributed by atoms with E-state index >= 15 is 0 Å². The Labute approximate surface area is 182 Å². The number of hydrogen-bond donors (Lipinski definition) is 0. The van der Waals surface area contributed by atoms with Crippen LogP contribution in [0, 0.1) is 29.5 Å². The Balaban J connectivity index is 1.14. The van der Waals surface area contributed by atoms with Crippen LogP contribution in [0.25, 0.3) is 11.3 Å². The molecule has 0 bridgehead atoms. The van der Waals surface area contributed by atoms with Crippen molar-refractivity contribution in [3.8, 4) is 11.3 Å². The summed E-state index contributed by atoms with van der Waals surface area (Å²) in [7, 11) is 0. The van der Waals surface area contributed by atoms with E-state index in [0.29, 0.717) is 16.6 Å². The fourth-order valence-electron chi connectivity index (χ4n) is 5.74. The van der Waals surface area contributed by atoms with Gasteiger partial charge in [-0.25, -0.2) is 4.39 Å². The third kappa shape index (κ3) is 4.53. The normalized spacial score (nSPS) is 27.5. The van der Waals surface area contributed by atoms with Crippen LogP contribution in [0.3, 0.4) is 0 Å². The van der Waals surface area contributed by atoms with Gasteiger partial charge in [-0.1, -0.05) is 11.6 Å². The van der Waals surface area contributed by atoms with Gasteiger partial charge < -0.3 is 9.64 Å². The Morgan fingerprint density at radius 1 is 1.00 bits per heavy atom. The summed E-state index contributed by atoms with van der Waals surface area (Å²) in [5.74, 6) is 2.89. The van der Waals surface area contributed by atoms with Gasteiger partial charge in [0, 0.05) is 38.4 Å². The number of fused-ring (bicyclic) bond motifs is 1. The number of aromatic nitrogens is 2. The Kier molecular flexibility index (Phi) is 6.03. The fraction of sp³-hybridized carbons (Fsp3) is 0.583. The summed E-state index contributed by atoms with van der Waals surface area (Å²) in [5, 5.41) is 9.17. The van der Waals surface area contributed by atoms with Gasteiger partial charge in [-0.15, -0.1) is 0 Å². The van der Waals surface area contributed by atoms with E-state index in [4.69, 9.17) is 16.3 Å². The molecule has 2 aliphatic heterocycles. The van der Waals surface area contributed by atoms with Crippen LogP contribution in [0.4, 0.5) is 4.39 Å². The number of likely N-dealkylation sites (tertiary alicyclic amines) is 1. The highest BCUT2D eigenvalue weighted by molar-refractivity contribution is 6.33. The number of halogens is 2. The Morgan fingerprint density at radius 2 is 1.77 bits per heavy atom. The van der Waals surface area contributed by atoms with Crippen molar-refractivity contribution in [2.75, 3.05) is 32.8 Å². The van der Waals surface area contributed by atoms with Crippen LogP contribution in [-0.2, 0) is 11.2 Å². The smallest absolute Gasteiger partial charge is 0.124 e. The first-order chi connectivity index (χ1) is 14.6.